The van der Waals surface area contributed by atoms with Crippen LogP contribution in [-0.2, 0) is 11.3 Å². The average Bonchev–Trinajstić information content (AvgIpc) is 2.73. The Morgan fingerprint density at radius 2 is 1.81 bits per heavy atom. The Hall–Kier alpha value is -3.17. The molecule has 0 radical (unpaired) electrons. The maximum atomic E-state index is 11.9. The van der Waals surface area contributed by atoms with E-state index in [1.165, 1.54) is 10.5 Å². The lowest BCUT2D eigenvalue weighted by molar-refractivity contribution is -0.914. The Morgan fingerprint density at radius 3 is 2.48 bits per heavy atom. The van der Waals surface area contributed by atoms with Gasteiger partial charge >= 0.3 is 0 Å². The standard InChI is InChI=1S/C21H22N4O2/c22-14-17-6-8-20(9-7-17)27-16-21(26)24-23-19-10-12-25(13-11-19)15-18-4-2-1-3-5-18/h1-9H,10-13,15-16H2,(H,24,26)/p+1. The van der Waals surface area contributed by atoms with Gasteiger partial charge in [-0.05, 0) is 24.3 Å². The predicted octanol–water partition coefficient (Wildman–Crippen LogP) is 1.29. The molecule has 0 aliphatic carbocycles. The van der Waals surface area contributed by atoms with Gasteiger partial charge in [-0.1, -0.05) is 30.3 Å². The van der Waals surface area contributed by atoms with E-state index in [1.54, 1.807) is 24.3 Å². The largest absolute Gasteiger partial charge is 0.484 e. The fourth-order valence-corrected chi connectivity index (χ4v) is 3.01. The fourth-order valence-electron chi connectivity index (χ4n) is 3.01. The van der Waals surface area contributed by atoms with Gasteiger partial charge in [0.15, 0.2) is 6.61 Å². The van der Waals surface area contributed by atoms with Gasteiger partial charge in [-0.15, -0.1) is 0 Å². The number of hydrogen-bond donors (Lipinski definition) is 2. The molecule has 6 nitrogen and oxygen atoms in total. The quantitative estimate of drug-likeness (QED) is 0.759. The van der Waals surface area contributed by atoms with Gasteiger partial charge in [0.05, 0.1) is 24.7 Å². The number of likely N-dealkylation sites (tertiary alicyclic amines) is 1. The molecule has 0 spiro atoms. The summed E-state index contributed by atoms with van der Waals surface area (Å²) in [5.41, 5.74) is 5.50. The molecule has 1 saturated heterocycles. The van der Waals surface area contributed by atoms with E-state index >= 15 is 0 Å². The second-order valence-corrected chi connectivity index (χ2v) is 6.55. The molecule has 1 heterocycles. The SMILES string of the molecule is N#Cc1ccc(OCC(=O)NN=C2CC[NH+](Cc3ccccc3)CC2)cc1. The van der Waals surface area contributed by atoms with E-state index in [1.807, 2.05) is 12.1 Å². The molecule has 2 aromatic rings. The molecule has 2 aromatic carbocycles. The zero-order chi connectivity index (χ0) is 18.9. The zero-order valence-corrected chi connectivity index (χ0v) is 15.1. The summed E-state index contributed by atoms with van der Waals surface area (Å²) in [6.07, 6.45) is 1.78. The first-order valence-corrected chi connectivity index (χ1v) is 9.07. The molecule has 138 valence electrons. The Kier molecular flexibility index (Phi) is 6.55. The van der Waals surface area contributed by atoms with E-state index in [0.29, 0.717) is 11.3 Å². The smallest absolute Gasteiger partial charge is 0.277 e. The Morgan fingerprint density at radius 1 is 1.11 bits per heavy atom. The summed E-state index contributed by atoms with van der Waals surface area (Å²) in [5.74, 6) is 0.264. The molecule has 6 heteroatoms. The molecule has 0 saturated carbocycles. The third-order valence-corrected chi connectivity index (χ3v) is 4.52. The van der Waals surface area contributed by atoms with E-state index in [2.05, 4.69) is 34.8 Å². The van der Waals surface area contributed by atoms with Crippen LogP contribution in [0.3, 0.4) is 0 Å². The van der Waals surface area contributed by atoms with Gasteiger partial charge < -0.3 is 9.64 Å². The van der Waals surface area contributed by atoms with Crippen molar-refractivity contribution in [2.45, 2.75) is 19.4 Å². The van der Waals surface area contributed by atoms with Crippen LogP contribution >= 0.6 is 0 Å². The van der Waals surface area contributed by atoms with Gasteiger partial charge in [0.1, 0.15) is 12.3 Å². The van der Waals surface area contributed by atoms with E-state index in [-0.39, 0.29) is 12.5 Å². The number of hydrazone groups is 1. The number of piperidine rings is 1. The highest BCUT2D eigenvalue weighted by atomic mass is 16.5. The molecule has 1 fully saturated rings. The number of carbonyl (C=O) groups excluding carboxylic acids is 1. The van der Waals surface area contributed by atoms with Crippen molar-refractivity contribution in [2.24, 2.45) is 5.10 Å². The molecule has 1 aliphatic rings. The molecule has 0 bridgehead atoms. The van der Waals surface area contributed by atoms with Crippen molar-refractivity contribution in [2.75, 3.05) is 19.7 Å². The third-order valence-electron chi connectivity index (χ3n) is 4.52. The van der Waals surface area contributed by atoms with Crippen LogP contribution in [0.2, 0.25) is 0 Å². The minimum atomic E-state index is -0.286. The molecule has 0 atom stereocenters. The lowest BCUT2D eigenvalue weighted by Crippen LogP contribution is -3.11. The van der Waals surface area contributed by atoms with Crippen molar-refractivity contribution in [3.8, 4) is 11.8 Å². The van der Waals surface area contributed by atoms with Crippen LogP contribution in [0.15, 0.2) is 59.7 Å². The van der Waals surface area contributed by atoms with Crippen LogP contribution in [0.4, 0.5) is 0 Å². The third kappa shape index (κ3) is 5.94. The first-order chi connectivity index (χ1) is 13.2. The van der Waals surface area contributed by atoms with E-state index in [9.17, 15) is 4.79 Å². The number of nitriles is 1. The average molecular weight is 363 g/mol. The molecular formula is C21H23N4O2+. The van der Waals surface area contributed by atoms with Gasteiger partial charge in [0, 0.05) is 24.1 Å². The number of nitrogens with zero attached hydrogens (tertiary/aromatic N) is 2. The number of benzene rings is 2. The topological polar surface area (TPSA) is 78.9 Å². The van der Waals surface area contributed by atoms with Crippen molar-refractivity contribution in [1.29, 1.82) is 5.26 Å². The summed E-state index contributed by atoms with van der Waals surface area (Å²) in [6, 6.07) is 19.2. The Labute approximate surface area is 159 Å². The predicted molar refractivity (Wildman–Crippen MR) is 102 cm³/mol. The van der Waals surface area contributed by atoms with Gasteiger partial charge in [-0.2, -0.15) is 10.4 Å². The highest BCUT2D eigenvalue weighted by molar-refractivity contribution is 5.87. The number of nitrogens with one attached hydrogen (secondary N) is 2. The van der Waals surface area contributed by atoms with E-state index in [4.69, 9.17) is 10.00 Å². The normalized spacial score (nSPS) is 16.3. The van der Waals surface area contributed by atoms with Crippen LogP contribution in [0.25, 0.3) is 0 Å². The fraction of sp³-hybridized carbons (Fsp3) is 0.286. The second-order valence-electron chi connectivity index (χ2n) is 6.55. The number of quaternary nitrogens is 1. The van der Waals surface area contributed by atoms with Crippen molar-refractivity contribution in [3.63, 3.8) is 0 Å². The Bertz CT molecular complexity index is 816. The first-order valence-electron chi connectivity index (χ1n) is 9.07. The number of amides is 1. The minimum absolute atomic E-state index is 0.103. The van der Waals surface area contributed by atoms with E-state index < -0.39 is 0 Å². The summed E-state index contributed by atoms with van der Waals surface area (Å²) in [7, 11) is 0. The summed E-state index contributed by atoms with van der Waals surface area (Å²) < 4.78 is 5.40. The molecule has 1 aliphatic heterocycles. The van der Waals surface area contributed by atoms with Crippen LogP contribution in [-0.4, -0.2) is 31.3 Å². The first kappa shape index (κ1) is 18.6. The maximum absolute atomic E-state index is 11.9. The summed E-state index contributed by atoms with van der Waals surface area (Å²) >= 11 is 0. The van der Waals surface area contributed by atoms with Crippen LogP contribution < -0.4 is 15.1 Å². The minimum Gasteiger partial charge on any atom is -0.484 e. The number of ether oxygens (including phenoxy) is 1. The lowest BCUT2D eigenvalue weighted by atomic mass is 10.1. The zero-order valence-electron chi connectivity index (χ0n) is 15.1. The molecule has 3 rings (SSSR count). The molecule has 1 amide bonds. The van der Waals surface area contributed by atoms with Gasteiger partial charge in [-0.25, -0.2) is 5.43 Å². The second kappa shape index (κ2) is 9.51. The number of rotatable bonds is 6. The van der Waals surface area contributed by atoms with Crippen molar-refractivity contribution < 1.29 is 14.4 Å². The van der Waals surface area contributed by atoms with Crippen LogP contribution in [0.1, 0.15) is 24.0 Å². The summed E-state index contributed by atoms with van der Waals surface area (Å²) in [4.78, 5) is 13.4. The van der Waals surface area contributed by atoms with Gasteiger partial charge in [-0.3, -0.25) is 4.79 Å². The highest BCUT2D eigenvalue weighted by Crippen LogP contribution is 2.11. The number of carbonyl (C=O) groups is 1. The molecule has 2 N–H and O–H groups in total. The molecule has 0 unspecified atom stereocenters. The summed E-state index contributed by atoms with van der Waals surface area (Å²) in [6.45, 7) is 2.96. The molecule has 0 aromatic heterocycles. The molecular weight excluding hydrogens is 340 g/mol. The van der Waals surface area contributed by atoms with Crippen molar-refractivity contribution >= 4 is 11.6 Å². The monoisotopic (exact) mass is 363 g/mol. The van der Waals surface area contributed by atoms with Gasteiger partial charge in [0.2, 0.25) is 0 Å². The van der Waals surface area contributed by atoms with Crippen molar-refractivity contribution in [1.82, 2.24) is 5.43 Å². The van der Waals surface area contributed by atoms with Crippen LogP contribution in [0, 0.1) is 11.3 Å². The summed E-state index contributed by atoms with van der Waals surface area (Å²) in [5, 5.41) is 13.0. The van der Waals surface area contributed by atoms with Crippen molar-refractivity contribution in [3.05, 3.63) is 65.7 Å². The van der Waals surface area contributed by atoms with Gasteiger partial charge in [0.25, 0.3) is 5.91 Å². The molecule has 27 heavy (non-hydrogen) atoms. The number of hydrogen-bond acceptors (Lipinski definition) is 4. The lowest BCUT2D eigenvalue weighted by Gasteiger charge is -2.24. The van der Waals surface area contributed by atoms with E-state index in [0.717, 1.165) is 38.2 Å². The highest BCUT2D eigenvalue weighted by Gasteiger charge is 2.18. The van der Waals surface area contributed by atoms with Crippen LogP contribution in [0.5, 0.6) is 5.75 Å². The maximum Gasteiger partial charge on any atom is 0.277 e. The Balaban J connectivity index is 1.38.